The van der Waals surface area contributed by atoms with E-state index in [1.54, 1.807) is 0 Å². The van der Waals surface area contributed by atoms with Crippen LogP contribution in [0.2, 0.25) is 0 Å². The Kier molecular flexibility index (Phi) is 7.98. The zero-order valence-corrected chi connectivity index (χ0v) is 19.9. The van der Waals surface area contributed by atoms with Crippen LogP contribution in [0.15, 0.2) is 12.3 Å². The number of ether oxygens (including phenoxy) is 1. The second-order valence-electron chi connectivity index (χ2n) is 9.77. The van der Waals surface area contributed by atoms with Crippen molar-refractivity contribution in [3.05, 3.63) is 23.6 Å². The molecule has 0 aliphatic carbocycles. The molecule has 3 unspecified atom stereocenters. The van der Waals surface area contributed by atoms with Crippen LogP contribution in [0.25, 0.3) is 0 Å². The molecule has 0 aromatic carbocycles. The Morgan fingerprint density at radius 2 is 2.07 bits per heavy atom. The normalized spacial score (nSPS) is 19.5. The Hall–Kier alpha value is -1.58. The molecule has 3 atom stereocenters. The number of carbonyl (C=O) groups excluding carboxylic acids is 1. The maximum absolute atomic E-state index is 13.9. The van der Waals surface area contributed by atoms with Gasteiger partial charge in [-0.2, -0.15) is 0 Å². The van der Waals surface area contributed by atoms with E-state index in [4.69, 9.17) is 4.74 Å². The molecule has 0 radical (unpaired) electrons. The molecule has 30 heavy (non-hydrogen) atoms. The number of nitrogens with one attached hydrogen (secondary N) is 2. The lowest BCUT2D eigenvalue weighted by molar-refractivity contribution is 0.0520. The van der Waals surface area contributed by atoms with Gasteiger partial charge in [0.25, 0.3) is 0 Å². The van der Waals surface area contributed by atoms with Crippen LogP contribution in [-0.4, -0.2) is 45.6 Å². The molecule has 2 N–H and O–H groups in total. The van der Waals surface area contributed by atoms with Crippen molar-refractivity contribution in [3.63, 3.8) is 0 Å². The highest BCUT2D eigenvalue weighted by atomic mass is 32.2. The third kappa shape index (κ3) is 7.28. The molecule has 0 spiro atoms. The smallest absolute Gasteiger partial charge is 0.407 e. The van der Waals surface area contributed by atoms with Gasteiger partial charge in [0.1, 0.15) is 22.0 Å². The molecule has 1 saturated heterocycles. The van der Waals surface area contributed by atoms with E-state index in [1.807, 2.05) is 48.5 Å². The summed E-state index contributed by atoms with van der Waals surface area (Å²) in [6.07, 6.45) is 1.66. The van der Waals surface area contributed by atoms with Crippen LogP contribution >= 0.6 is 0 Å². The van der Waals surface area contributed by atoms with Crippen molar-refractivity contribution in [3.8, 4) is 0 Å². The summed E-state index contributed by atoms with van der Waals surface area (Å²) in [6.45, 7) is 14.9. The second-order valence-corrected chi connectivity index (χ2v) is 11.8. The van der Waals surface area contributed by atoms with E-state index in [-0.39, 0.29) is 12.0 Å². The largest absolute Gasteiger partial charge is 0.598 e. The molecular weight excluding hydrogens is 407 g/mol. The fourth-order valence-electron chi connectivity index (χ4n) is 3.16. The molecule has 1 fully saturated rings. The number of aromatic nitrogens is 1. The van der Waals surface area contributed by atoms with Crippen LogP contribution in [0.1, 0.15) is 66.5 Å². The molecule has 1 aromatic rings. The van der Waals surface area contributed by atoms with Crippen molar-refractivity contribution in [2.24, 2.45) is 5.92 Å². The molecule has 1 aliphatic heterocycles. The van der Waals surface area contributed by atoms with E-state index in [1.165, 1.54) is 12.3 Å². The Morgan fingerprint density at radius 3 is 2.67 bits per heavy atom. The van der Waals surface area contributed by atoms with E-state index >= 15 is 0 Å². The van der Waals surface area contributed by atoms with Crippen LogP contribution in [-0.2, 0) is 16.1 Å². The monoisotopic (exact) mass is 442 g/mol. The number of rotatable bonds is 6. The van der Waals surface area contributed by atoms with Crippen LogP contribution in [0.3, 0.4) is 0 Å². The highest BCUT2D eigenvalue weighted by Gasteiger charge is 2.32. The molecule has 170 valence electrons. The van der Waals surface area contributed by atoms with Gasteiger partial charge < -0.3 is 19.5 Å². The topological polar surface area (TPSA) is 89.5 Å². The highest BCUT2D eigenvalue weighted by molar-refractivity contribution is 7.90. The molecule has 2 heterocycles. The maximum Gasteiger partial charge on any atom is 0.407 e. The molecule has 0 bridgehead atoms. The lowest BCUT2D eigenvalue weighted by atomic mass is 10.1. The van der Waals surface area contributed by atoms with E-state index < -0.39 is 33.6 Å². The molecule has 0 saturated carbocycles. The van der Waals surface area contributed by atoms with Gasteiger partial charge in [0, 0.05) is 36.6 Å². The average Bonchev–Trinajstić information content (AvgIpc) is 3.06. The maximum atomic E-state index is 13.9. The summed E-state index contributed by atoms with van der Waals surface area (Å²) in [6, 6.07) is 1.12. The summed E-state index contributed by atoms with van der Waals surface area (Å²) < 4.78 is 34.3. The molecule has 1 amide bonds. The third-order valence-electron chi connectivity index (χ3n) is 4.69. The fourth-order valence-corrected chi connectivity index (χ4v) is 3.97. The summed E-state index contributed by atoms with van der Waals surface area (Å²) in [7, 11) is 0. The molecular formula is C21H35FN4O3S. The van der Waals surface area contributed by atoms with Gasteiger partial charge in [-0.25, -0.2) is 14.2 Å². The number of alkyl carbamates (subject to hydrolysis) is 1. The van der Waals surface area contributed by atoms with Crippen molar-refractivity contribution < 1.29 is 18.5 Å². The van der Waals surface area contributed by atoms with Gasteiger partial charge in [0.15, 0.2) is 0 Å². The Labute approximate surface area is 182 Å². The molecule has 7 nitrogen and oxygen atoms in total. The summed E-state index contributed by atoms with van der Waals surface area (Å²) in [5.41, 5.74) is 0.142. The summed E-state index contributed by atoms with van der Waals surface area (Å²) in [5.74, 6) is 0.498. The lowest BCUT2D eigenvalue weighted by Gasteiger charge is -2.28. The average molecular weight is 443 g/mol. The fraction of sp³-hybridized carbons (Fsp3) is 0.714. The predicted molar refractivity (Wildman–Crippen MR) is 118 cm³/mol. The second kappa shape index (κ2) is 9.70. The first-order chi connectivity index (χ1) is 13.8. The predicted octanol–water partition coefficient (Wildman–Crippen LogP) is 3.68. The minimum Gasteiger partial charge on any atom is -0.598 e. The number of hydrogen-bond donors (Lipinski definition) is 2. The van der Waals surface area contributed by atoms with E-state index in [0.29, 0.717) is 24.5 Å². The number of anilines is 1. The SMILES string of the molecule is CC(N[S+]([O-])C(C)(C)C)c1cc(F)cnc1N1CCC(CNC(=O)OC(C)(C)C)C1. The van der Waals surface area contributed by atoms with Crippen molar-refractivity contribution in [1.29, 1.82) is 0 Å². The van der Waals surface area contributed by atoms with Gasteiger partial charge >= 0.3 is 6.09 Å². The van der Waals surface area contributed by atoms with Crippen molar-refractivity contribution in [2.75, 3.05) is 24.5 Å². The number of carbonyl (C=O) groups is 1. The van der Waals surface area contributed by atoms with Crippen molar-refractivity contribution >= 4 is 23.3 Å². The van der Waals surface area contributed by atoms with Crippen LogP contribution in [0.4, 0.5) is 15.0 Å². The van der Waals surface area contributed by atoms with Gasteiger partial charge in [-0.1, -0.05) is 0 Å². The van der Waals surface area contributed by atoms with E-state index in [9.17, 15) is 13.7 Å². The molecule has 1 aliphatic rings. The minimum absolute atomic E-state index is 0.240. The number of pyridine rings is 1. The minimum atomic E-state index is -1.29. The van der Waals surface area contributed by atoms with Crippen LogP contribution in [0.5, 0.6) is 0 Å². The summed E-state index contributed by atoms with van der Waals surface area (Å²) in [4.78, 5) is 18.3. The van der Waals surface area contributed by atoms with Crippen LogP contribution < -0.4 is 14.9 Å². The number of nitrogens with zero attached hydrogens (tertiary/aromatic N) is 2. The van der Waals surface area contributed by atoms with Crippen molar-refractivity contribution in [2.45, 2.75) is 71.3 Å². The quantitative estimate of drug-likeness (QED) is 0.653. The zero-order valence-electron chi connectivity index (χ0n) is 19.0. The summed E-state index contributed by atoms with van der Waals surface area (Å²) in [5, 5.41) is 2.82. The first-order valence-electron chi connectivity index (χ1n) is 10.3. The zero-order chi connectivity index (χ0) is 22.7. The van der Waals surface area contributed by atoms with Gasteiger partial charge in [0.05, 0.1) is 12.2 Å². The Balaban J connectivity index is 2.03. The molecule has 1 aromatic heterocycles. The van der Waals surface area contributed by atoms with Gasteiger partial charge in [-0.05, 0) is 66.9 Å². The van der Waals surface area contributed by atoms with E-state index in [0.717, 1.165) is 13.0 Å². The highest BCUT2D eigenvalue weighted by Crippen LogP contribution is 2.30. The van der Waals surface area contributed by atoms with Gasteiger partial charge in [-0.15, -0.1) is 4.72 Å². The van der Waals surface area contributed by atoms with Gasteiger partial charge in [0.2, 0.25) is 0 Å². The molecule has 2 rings (SSSR count). The Morgan fingerprint density at radius 1 is 1.40 bits per heavy atom. The first kappa shape index (κ1) is 24.7. The van der Waals surface area contributed by atoms with Crippen molar-refractivity contribution in [1.82, 2.24) is 15.0 Å². The number of halogens is 1. The van der Waals surface area contributed by atoms with Crippen LogP contribution in [0, 0.1) is 11.7 Å². The third-order valence-corrected chi connectivity index (χ3v) is 6.37. The van der Waals surface area contributed by atoms with E-state index in [2.05, 4.69) is 19.9 Å². The lowest BCUT2D eigenvalue weighted by Crippen LogP contribution is -2.41. The standard InChI is InChI=1S/C21H35FN4O3S/c1-14(25-30(28)21(5,6)7)17-10-16(22)12-23-18(17)26-9-8-15(13-26)11-24-19(27)29-20(2,3)4/h10,12,14-15,25H,8-9,11,13H2,1-7H3,(H,24,27). The van der Waals surface area contributed by atoms with Gasteiger partial charge in [-0.3, -0.25) is 0 Å². The molecule has 9 heteroatoms. The Bertz CT molecular complexity index is 736. The number of amides is 1. The number of hydrogen-bond acceptors (Lipinski definition) is 6. The first-order valence-corrected chi connectivity index (χ1v) is 11.5. The summed E-state index contributed by atoms with van der Waals surface area (Å²) >= 11 is -1.29.